The predicted molar refractivity (Wildman–Crippen MR) is 158 cm³/mol. The second-order valence-electron chi connectivity index (χ2n) is 9.62. The van der Waals surface area contributed by atoms with Crippen molar-refractivity contribution >= 4 is 17.0 Å². The normalized spacial score (nSPS) is 14.6. The fraction of sp³-hybridized carbons (Fsp3) is 0.258. The van der Waals surface area contributed by atoms with Gasteiger partial charge in [-0.1, -0.05) is 56.3 Å². The van der Waals surface area contributed by atoms with Gasteiger partial charge in [0.1, 0.15) is 11.3 Å². The van der Waals surface area contributed by atoms with Crippen molar-refractivity contribution < 1.29 is 10.2 Å². The van der Waals surface area contributed by atoms with Gasteiger partial charge >= 0.3 is 0 Å². The van der Waals surface area contributed by atoms with Crippen molar-refractivity contribution in [3.8, 4) is 28.3 Å². The first-order valence-electron chi connectivity index (χ1n) is 13.6. The molecular weight excluding hydrogens is 502 g/mol. The third-order valence-electron chi connectivity index (χ3n) is 7.15. The first-order chi connectivity index (χ1) is 19.4. The van der Waals surface area contributed by atoms with Gasteiger partial charge in [0.2, 0.25) is 0 Å². The molecule has 2 aromatic carbocycles. The lowest BCUT2D eigenvalue weighted by Gasteiger charge is -2.39. The molecule has 0 amide bonds. The van der Waals surface area contributed by atoms with Crippen molar-refractivity contribution in [1.29, 1.82) is 0 Å². The minimum Gasteiger partial charge on any atom is -0.383 e. The molecule has 0 unspecified atom stereocenters. The van der Waals surface area contributed by atoms with Crippen molar-refractivity contribution in [3.63, 3.8) is 0 Å². The highest BCUT2D eigenvalue weighted by atomic mass is 16.5. The fourth-order valence-electron chi connectivity index (χ4n) is 4.99. The van der Waals surface area contributed by atoms with Gasteiger partial charge in [-0.2, -0.15) is 0 Å². The lowest BCUT2D eigenvalue weighted by Crippen LogP contribution is -2.51. The molecule has 1 saturated heterocycles. The number of pyridine rings is 2. The highest BCUT2D eigenvalue weighted by Gasteiger charge is 2.36. The van der Waals surface area contributed by atoms with Crippen LogP contribution in [0.3, 0.4) is 0 Å². The standard InChI is InChI=1S/C29H29N7O2.C2H6/c30-21-14-17-35(18-15-21)29(37,38)20-8-10-22(11-9-20)36-27(23-7-4-16-32-26(23)31)34-25-13-12-24(33-28(25)36)19-5-2-1-3-6-19;1-2/h1-13,16,21,37-38H,14-15,17-18,30H2,(H2,31,32);1-2H3. The summed E-state index contributed by atoms with van der Waals surface area (Å²) in [7, 11) is 0. The van der Waals surface area contributed by atoms with Crippen LogP contribution < -0.4 is 11.5 Å². The van der Waals surface area contributed by atoms with Crippen LogP contribution in [-0.2, 0) is 5.91 Å². The molecule has 0 bridgehead atoms. The summed E-state index contributed by atoms with van der Waals surface area (Å²) >= 11 is 0. The molecule has 1 aliphatic rings. The van der Waals surface area contributed by atoms with Crippen LogP contribution in [0.5, 0.6) is 0 Å². The van der Waals surface area contributed by atoms with Gasteiger partial charge in [0, 0.05) is 42.1 Å². The van der Waals surface area contributed by atoms with E-state index in [2.05, 4.69) is 4.98 Å². The summed E-state index contributed by atoms with van der Waals surface area (Å²) in [6.07, 6.45) is 3.07. The van der Waals surface area contributed by atoms with Crippen molar-refractivity contribution in [2.75, 3.05) is 18.8 Å². The monoisotopic (exact) mass is 537 g/mol. The first-order valence-corrected chi connectivity index (χ1v) is 13.6. The van der Waals surface area contributed by atoms with Gasteiger partial charge in [-0.25, -0.2) is 19.9 Å². The van der Waals surface area contributed by atoms with E-state index in [0.717, 1.165) is 16.9 Å². The number of hydrogen-bond acceptors (Lipinski definition) is 8. The van der Waals surface area contributed by atoms with E-state index < -0.39 is 5.91 Å². The van der Waals surface area contributed by atoms with E-state index >= 15 is 0 Å². The Labute approximate surface area is 233 Å². The maximum absolute atomic E-state index is 11.0. The number of imidazole rings is 1. The molecule has 1 aliphatic heterocycles. The summed E-state index contributed by atoms with van der Waals surface area (Å²) in [5.41, 5.74) is 17.2. The van der Waals surface area contributed by atoms with Crippen molar-refractivity contribution in [2.45, 2.75) is 38.6 Å². The molecule has 206 valence electrons. The number of aromatic nitrogens is 4. The molecule has 0 spiro atoms. The summed E-state index contributed by atoms with van der Waals surface area (Å²) in [5, 5.41) is 22.0. The Hall–Kier alpha value is -4.15. The van der Waals surface area contributed by atoms with E-state index in [1.165, 1.54) is 0 Å². The zero-order chi connectivity index (χ0) is 28.3. The molecule has 6 N–H and O–H groups in total. The van der Waals surface area contributed by atoms with E-state index in [-0.39, 0.29) is 6.04 Å². The Kier molecular flexibility index (Phi) is 7.90. The van der Waals surface area contributed by atoms with E-state index in [1.807, 2.05) is 85.1 Å². The predicted octanol–water partition coefficient (Wildman–Crippen LogP) is 4.28. The average molecular weight is 538 g/mol. The van der Waals surface area contributed by atoms with E-state index in [0.29, 0.717) is 59.9 Å². The Morgan fingerprint density at radius 1 is 0.850 bits per heavy atom. The number of nitrogen functional groups attached to an aromatic ring is 1. The number of hydrogen-bond donors (Lipinski definition) is 4. The quantitative estimate of drug-likeness (QED) is 0.244. The number of benzene rings is 2. The zero-order valence-electron chi connectivity index (χ0n) is 22.8. The molecule has 6 rings (SSSR count). The third kappa shape index (κ3) is 5.20. The highest BCUT2D eigenvalue weighted by Crippen LogP contribution is 2.33. The summed E-state index contributed by atoms with van der Waals surface area (Å²) in [5.74, 6) is -1.14. The number of aliphatic hydroxyl groups is 2. The minimum atomic E-state index is -2.09. The molecule has 0 atom stereocenters. The number of nitrogens with zero attached hydrogens (tertiary/aromatic N) is 5. The Morgan fingerprint density at radius 3 is 2.23 bits per heavy atom. The van der Waals surface area contributed by atoms with Gasteiger partial charge in [0.25, 0.3) is 5.91 Å². The number of likely N-dealkylation sites (tertiary alicyclic amines) is 1. The van der Waals surface area contributed by atoms with Gasteiger partial charge in [0.05, 0.1) is 11.3 Å². The van der Waals surface area contributed by atoms with Crippen LogP contribution in [0.15, 0.2) is 85.1 Å². The van der Waals surface area contributed by atoms with Gasteiger partial charge in [-0.05, 0) is 49.2 Å². The van der Waals surface area contributed by atoms with Crippen LogP contribution in [0.25, 0.3) is 39.5 Å². The number of piperidine rings is 1. The molecule has 0 radical (unpaired) electrons. The number of nitrogens with two attached hydrogens (primary N) is 2. The third-order valence-corrected chi connectivity index (χ3v) is 7.15. The van der Waals surface area contributed by atoms with Crippen LogP contribution in [-0.4, -0.2) is 53.8 Å². The minimum absolute atomic E-state index is 0.0885. The number of fused-ring (bicyclic) bond motifs is 1. The maximum atomic E-state index is 11.0. The van der Waals surface area contributed by atoms with Gasteiger partial charge in [0.15, 0.2) is 11.5 Å². The topological polar surface area (TPSA) is 139 Å². The second-order valence-corrected chi connectivity index (χ2v) is 9.62. The fourth-order valence-corrected chi connectivity index (χ4v) is 4.99. The Balaban J connectivity index is 0.00000158. The van der Waals surface area contributed by atoms with Crippen molar-refractivity contribution in [1.82, 2.24) is 24.4 Å². The zero-order valence-corrected chi connectivity index (χ0v) is 22.8. The summed E-state index contributed by atoms with van der Waals surface area (Å²) in [6, 6.07) is 24.7. The molecule has 0 saturated carbocycles. The molecular formula is C31H35N7O2. The molecule has 9 nitrogen and oxygen atoms in total. The second kappa shape index (κ2) is 11.5. The summed E-state index contributed by atoms with van der Waals surface area (Å²) < 4.78 is 1.93. The Bertz CT molecular complexity index is 1580. The lowest BCUT2D eigenvalue weighted by atomic mass is 10.0. The molecule has 1 fully saturated rings. The van der Waals surface area contributed by atoms with E-state index in [1.54, 1.807) is 23.2 Å². The first kappa shape index (κ1) is 27.4. The van der Waals surface area contributed by atoms with Crippen LogP contribution >= 0.6 is 0 Å². The molecule has 5 aromatic rings. The van der Waals surface area contributed by atoms with Crippen LogP contribution in [0, 0.1) is 0 Å². The van der Waals surface area contributed by atoms with Crippen molar-refractivity contribution in [2.24, 2.45) is 5.73 Å². The summed E-state index contributed by atoms with van der Waals surface area (Å²) in [6.45, 7) is 5.03. The van der Waals surface area contributed by atoms with E-state index in [4.69, 9.17) is 21.4 Å². The van der Waals surface area contributed by atoms with Crippen LogP contribution in [0.4, 0.5) is 5.82 Å². The maximum Gasteiger partial charge on any atom is 0.253 e. The smallest absolute Gasteiger partial charge is 0.253 e. The van der Waals surface area contributed by atoms with Crippen LogP contribution in [0.2, 0.25) is 0 Å². The van der Waals surface area contributed by atoms with Gasteiger partial charge in [-0.15, -0.1) is 0 Å². The van der Waals surface area contributed by atoms with Gasteiger partial charge in [-0.3, -0.25) is 4.57 Å². The summed E-state index contributed by atoms with van der Waals surface area (Å²) in [4.78, 5) is 15.7. The van der Waals surface area contributed by atoms with Crippen molar-refractivity contribution in [3.05, 3.63) is 90.6 Å². The molecule has 0 aliphatic carbocycles. The number of rotatable bonds is 5. The number of anilines is 1. The molecule has 40 heavy (non-hydrogen) atoms. The largest absolute Gasteiger partial charge is 0.383 e. The average Bonchev–Trinajstić information content (AvgIpc) is 3.38. The van der Waals surface area contributed by atoms with Crippen LogP contribution in [0.1, 0.15) is 32.3 Å². The SMILES string of the molecule is CC.Nc1ncccc1-c1nc2ccc(-c3ccccc3)nc2n1-c1ccc(C(O)(O)N2CCC(N)CC2)cc1. The van der Waals surface area contributed by atoms with Gasteiger partial charge < -0.3 is 21.7 Å². The highest BCUT2D eigenvalue weighted by molar-refractivity contribution is 5.84. The molecule has 3 aromatic heterocycles. The Morgan fingerprint density at radius 2 is 1.55 bits per heavy atom. The lowest BCUT2D eigenvalue weighted by molar-refractivity contribution is -0.279. The molecule has 4 heterocycles. The molecule has 9 heteroatoms. The van der Waals surface area contributed by atoms with E-state index in [9.17, 15) is 10.2 Å².